The molecule has 0 saturated carbocycles. The number of anilines is 2. The molecule has 0 aliphatic heterocycles. The van der Waals surface area contributed by atoms with Gasteiger partial charge in [0.15, 0.2) is 5.82 Å². The van der Waals surface area contributed by atoms with Gasteiger partial charge in [0.05, 0.1) is 6.34 Å². The van der Waals surface area contributed by atoms with E-state index in [1.165, 1.54) is 18.2 Å². The lowest BCUT2D eigenvalue weighted by Crippen LogP contribution is -2.14. The van der Waals surface area contributed by atoms with Gasteiger partial charge in [0.2, 0.25) is 0 Å². The third kappa shape index (κ3) is 4.04. The van der Waals surface area contributed by atoms with E-state index >= 15 is 0 Å². The van der Waals surface area contributed by atoms with Gasteiger partial charge in [-0.25, -0.2) is 13.8 Å². The van der Waals surface area contributed by atoms with Crippen LogP contribution in [0, 0.1) is 18.6 Å². The van der Waals surface area contributed by atoms with E-state index in [4.69, 9.17) is 0 Å². The monoisotopic (exact) mass is 303 g/mol. The molecular formula is C17H19F2N3. The maximum atomic E-state index is 14.1. The molecule has 0 aliphatic carbocycles. The Morgan fingerprint density at radius 2 is 1.86 bits per heavy atom. The average molecular weight is 303 g/mol. The summed E-state index contributed by atoms with van der Waals surface area (Å²) < 4.78 is 27.0. The summed E-state index contributed by atoms with van der Waals surface area (Å²) in [4.78, 5) is 6.01. The summed E-state index contributed by atoms with van der Waals surface area (Å²) in [6.07, 6.45) is 1.60. The zero-order valence-electron chi connectivity index (χ0n) is 12.9. The van der Waals surface area contributed by atoms with Gasteiger partial charge < -0.3 is 10.2 Å². The first-order valence-electron chi connectivity index (χ1n) is 7.06. The van der Waals surface area contributed by atoms with Gasteiger partial charge in [0.1, 0.15) is 11.5 Å². The average Bonchev–Trinajstić information content (AvgIpc) is 2.51. The van der Waals surface area contributed by atoms with Crippen LogP contribution in [0.3, 0.4) is 0 Å². The van der Waals surface area contributed by atoms with Crippen LogP contribution >= 0.6 is 0 Å². The van der Waals surface area contributed by atoms with Crippen molar-refractivity contribution in [3.8, 4) is 0 Å². The summed E-state index contributed by atoms with van der Waals surface area (Å²) in [6, 6.07) is 9.00. The van der Waals surface area contributed by atoms with Crippen LogP contribution in [0.15, 0.2) is 41.4 Å². The Morgan fingerprint density at radius 1 is 1.18 bits per heavy atom. The topological polar surface area (TPSA) is 27.6 Å². The summed E-state index contributed by atoms with van der Waals surface area (Å²) in [6.45, 7) is 4.66. The first-order valence-corrected chi connectivity index (χ1v) is 7.06. The number of nitrogens with zero attached hydrogens (tertiary/aromatic N) is 2. The Balaban J connectivity index is 2.22. The van der Waals surface area contributed by atoms with Crippen LogP contribution in [0.5, 0.6) is 0 Å². The molecule has 0 heterocycles. The molecule has 1 N–H and O–H groups in total. The molecule has 0 aliphatic rings. The van der Waals surface area contributed by atoms with Crippen LogP contribution in [0.2, 0.25) is 0 Å². The maximum Gasteiger partial charge on any atom is 0.150 e. The fourth-order valence-electron chi connectivity index (χ4n) is 1.83. The van der Waals surface area contributed by atoms with Crippen molar-refractivity contribution in [3.05, 3.63) is 53.6 Å². The van der Waals surface area contributed by atoms with E-state index in [1.54, 1.807) is 24.5 Å². The van der Waals surface area contributed by atoms with E-state index in [0.29, 0.717) is 17.1 Å². The standard InChI is InChI=1S/C17H19F2N3/c1-4-22(3)11-20-17-9-12(2)16(10-15(17)19)21-14-7-5-13(18)6-8-14/h5-11,21H,4H2,1-3H3/b20-11+. The van der Waals surface area contributed by atoms with Crippen molar-refractivity contribution in [1.82, 2.24) is 4.90 Å². The highest BCUT2D eigenvalue weighted by Gasteiger charge is 2.07. The third-order valence-corrected chi connectivity index (χ3v) is 3.31. The first-order chi connectivity index (χ1) is 10.5. The number of aliphatic imine (C=N–C) groups is 1. The first kappa shape index (κ1) is 15.9. The van der Waals surface area contributed by atoms with Crippen molar-refractivity contribution in [1.29, 1.82) is 0 Å². The predicted octanol–water partition coefficient (Wildman–Crippen LogP) is 4.63. The van der Waals surface area contributed by atoms with Crippen molar-refractivity contribution in [2.24, 2.45) is 4.99 Å². The molecular weight excluding hydrogens is 284 g/mol. The highest BCUT2D eigenvalue weighted by Crippen LogP contribution is 2.28. The fourth-order valence-corrected chi connectivity index (χ4v) is 1.83. The van der Waals surface area contributed by atoms with Crippen molar-refractivity contribution < 1.29 is 8.78 Å². The molecule has 2 aromatic carbocycles. The van der Waals surface area contributed by atoms with E-state index in [0.717, 1.165) is 12.1 Å². The lowest BCUT2D eigenvalue weighted by atomic mass is 10.1. The summed E-state index contributed by atoms with van der Waals surface area (Å²) in [5.41, 5.74) is 2.48. The van der Waals surface area contributed by atoms with Gasteiger partial charge in [-0.1, -0.05) is 0 Å². The maximum absolute atomic E-state index is 14.1. The number of hydrogen-bond acceptors (Lipinski definition) is 2. The Hall–Kier alpha value is -2.43. The van der Waals surface area contributed by atoms with Gasteiger partial charge >= 0.3 is 0 Å². The van der Waals surface area contributed by atoms with E-state index < -0.39 is 5.82 Å². The summed E-state index contributed by atoms with van der Waals surface area (Å²) in [5.74, 6) is -0.714. The van der Waals surface area contributed by atoms with Gasteiger partial charge in [-0.15, -0.1) is 0 Å². The molecule has 0 aromatic heterocycles. The molecule has 3 nitrogen and oxygen atoms in total. The number of nitrogens with one attached hydrogen (secondary N) is 1. The minimum atomic E-state index is -0.407. The van der Waals surface area contributed by atoms with Gasteiger partial charge in [0.25, 0.3) is 0 Å². The smallest absolute Gasteiger partial charge is 0.150 e. The third-order valence-electron chi connectivity index (χ3n) is 3.31. The second kappa shape index (κ2) is 7.02. The molecule has 0 unspecified atom stereocenters. The molecule has 0 saturated heterocycles. The molecule has 2 rings (SSSR count). The zero-order chi connectivity index (χ0) is 16.1. The largest absolute Gasteiger partial charge is 0.366 e. The van der Waals surface area contributed by atoms with E-state index in [-0.39, 0.29) is 5.82 Å². The van der Waals surface area contributed by atoms with Crippen molar-refractivity contribution >= 4 is 23.4 Å². The molecule has 0 fully saturated rings. The molecule has 5 heteroatoms. The fraction of sp³-hybridized carbons (Fsp3) is 0.235. The molecule has 116 valence electrons. The zero-order valence-corrected chi connectivity index (χ0v) is 12.9. The van der Waals surface area contributed by atoms with Gasteiger partial charge in [-0.05, 0) is 55.8 Å². The SMILES string of the molecule is CCN(C)/C=N/c1cc(C)c(Nc2ccc(F)cc2)cc1F. The van der Waals surface area contributed by atoms with Crippen molar-refractivity contribution in [3.63, 3.8) is 0 Å². The lowest BCUT2D eigenvalue weighted by Gasteiger charge is -2.12. The molecule has 22 heavy (non-hydrogen) atoms. The minimum Gasteiger partial charge on any atom is -0.366 e. The normalized spacial score (nSPS) is 11.0. The predicted molar refractivity (Wildman–Crippen MR) is 87.3 cm³/mol. The van der Waals surface area contributed by atoms with Gasteiger partial charge in [0, 0.05) is 25.0 Å². The van der Waals surface area contributed by atoms with Crippen LogP contribution in [-0.4, -0.2) is 24.8 Å². The summed E-state index contributed by atoms with van der Waals surface area (Å²) in [7, 11) is 1.87. The van der Waals surface area contributed by atoms with E-state index in [9.17, 15) is 8.78 Å². The number of benzene rings is 2. The van der Waals surface area contributed by atoms with E-state index in [2.05, 4.69) is 10.3 Å². The summed E-state index contributed by atoms with van der Waals surface area (Å²) in [5, 5.41) is 3.07. The van der Waals surface area contributed by atoms with Crippen LogP contribution in [0.4, 0.5) is 25.8 Å². The van der Waals surface area contributed by atoms with E-state index in [1.807, 2.05) is 25.8 Å². The Bertz CT molecular complexity index is 666. The molecule has 0 atom stereocenters. The Morgan fingerprint density at radius 3 is 2.50 bits per heavy atom. The molecule has 0 bridgehead atoms. The number of halogens is 2. The Kier molecular flexibility index (Phi) is 5.09. The lowest BCUT2D eigenvalue weighted by molar-refractivity contribution is 0.551. The number of aryl methyl sites for hydroxylation is 1. The minimum absolute atomic E-state index is 0.294. The van der Waals surface area contributed by atoms with Crippen LogP contribution < -0.4 is 5.32 Å². The highest BCUT2D eigenvalue weighted by molar-refractivity contribution is 5.68. The van der Waals surface area contributed by atoms with Crippen LogP contribution in [-0.2, 0) is 0 Å². The molecule has 0 radical (unpaired) electrons. The Labute approximate surface area is 129 Å². The van der Waals surface area contributed by atoms with Crippen molar-refractivity contribution in [2.45, 2.75) is 13.8 Å². The number of hydrogen-bond donors (Lipinski definition) is 1. The van der Waals surface area contributed by atoms with Crippen LogP contribution in [0.1, 0.15) is 12.5 Å². The van der Waals surface area contributed by atoms with Gasteiger partial charge in [-0.2, -0.15) is 0 Å². The second-order valence-electron chi connectivity index (χ2n) is 5.07. The molecule has 0 spiro atoms. The van der Waals surface area contributed by atoms with Crippen LogP contribution in [0.25, 0.3) is 0 Å². The molecule has 2 aromatic rings. The second-order valence-corrected chi connectivity index (χ2v) is 5.07. The summed E-state index contributed by atoms with van der Waals surface area (Å²) >= 11 is 0. The highest BCUT2D eigenvalue weighted by atomic mass is 19.1. The van der Waals surface area contributed by atoms with Crippen molar-refractivity contribution in [2.75, 3.05) is 18.9 Å². The van der Waals surface area contributed by atoms with Gasteiger partial charge in [-0.3, -0.25) is 0 Å². The molecule has 0 amide bonds. The quantitative estimate of drug-likeness (QED) is 0.644. The number of rotatable bonds is 5.